The highest BCUT2D eigenvalue weighted by Gasteiger charge is 2.07. The molecule has 100 valence electrons. The molecule has 0 amide bonds. The zero-order valence-corrected chi connectivity index (χ0v) is 12.5. The molecule has 2 rings (SSSR count). The fraction of sp³-hybridized carbons (Fsp3) is 0.357. The van der Waals surface area contributed by atoms with Crippen LogP contribution in [0.5, 0.6) is 0 Å². The minimum Gasteiger partial charge on any atom is -0.324 e. The van der Waals surface area contributed by atoms with Crippen molar-refractivity contribution in [2.75, 3.05) is 0 Å². The Kier molecular flexibility index (Phi) is 4.17. The molecule has 0 aliphatic carbocycles. The zero-order valence-electron chi connectivity index (χ0n) is 11.6. The number of aromatic nitrogens is 3. The number of hydrogen-bond donors (Lipinski definition) is 1. The second kappa shape index (κ2) is 5.67. The standard InChI is InChI=1S/C14H18N4S/c1-8-10(3)17-14(18-11(8)4)19-13-6-5-12(7-16-13)9(2)15/h5-7,9H,15H2,1-4H3/t9-/m1/s1. The highest BCUT2D eigenvalue weighted by Crippen LogP contribution is 2.24. The molecule has 0 aliphatic rings. The first-order chi connectivity index (χ1) is 8.97. The summed E-state index contributed by atoms with van der Waals surface area (Å²) in [4.78, 5) is 13.3. The molecule has 4 nitrogen and oxygen atoms in total. The van der Waals surface area contributed by atoms with Gasteiger partial charge in [-0.25, -0.2) is 15.0 Å². The fourth-order valence-electron chi connectivity index (χ4n) is 1.60. The summed E-state index contributed by atoms with van der Waals surface area (Å²) >= 11 is 1.47. The molecule has 0 fully saturated rings. The average molecular weight is 274 g/mol. The first-order valence-electron chi connectivity index (χ1n) is 6.18. The van der Waals surface area contributed by atoms with Crippen molar-refractivity contribution in [1.29, 1.82) is 0 Å². The first kappa shape index (κ1) is 14.0. The van der Waals surface area contributed by atoms with E-state index in [-0.39, 0.29) is 6.04 Å². The number of pyridine rings is 1. The van der Waals surface area contributed by atoms with Gasteiger partial charge in [0, 0.05) is 23.6 Å². The maximum Gasteiger partial charge on any atom is 0.194 e. The third-order valence-electron chi connectivity index (χ3n) is 3.09. The molecule has 2 aromatic heterocycles. The van der Waals surface area contributed by atoms with Crippen molar-refractivity contribution in [3.8, 4) is 0 Å². The van der Waals surface area contributed by atoms with Crippen LogP contribution in [0.2, 0.25) is 0 Å². The number of nitrogens with two attached hydrogens (primary N) is 1. The van der Waals surface area contributed by atoms with Crippen molar-refractivity contribution in [2.45, 2.75) is 43.9 Å². The molecule has 2 N–H and O–H groups in total. The Morgan fingerprint density at radius 2 is 1.74 bits per heavy atom. The van der Waals surface area contributed by atoms with Gasteiger partial charge in [-0.1, -0.05) is 6.07 Å². The van der Waals surface area contributed by atoms with E-state index in [1.807, 2.05) is 39.8 Å². The van der Waals surface area contributed by atoms with Crippen molar-refractivity contribution in [2.24, 2.45) is 5.73 Å². The SMILES string of the molecule is Cc1nc(Sc2ccc([C@@H](C)N)cn2)nc(C)c1C. The van der Waals surface area contributed by atoms with Crippen molar-refractivity contribution in [3.63, 3.8) is 0 Å². The molecule has 0 saturated carbocycles. The Labute approximate surface area is 117 Å². The summed E-state index contributed by atoms with van der Waals surface area (Å²) in [5.74, 6) is 0. The molecule has 0 aliphatic heterocycles. The van der Waals surface area contributed by atoms with Crippen LogP contribution < -0.4 is 5.73 Å². The summed E-state index contributed by atoms with van der Waals surface area (Å²) in [6, 6.07) is 3.96. The van der Waals surface area contributed by atoms with Gasteiger partial charge in [0.25, 0.3) is 0 Å². The summed E-state index contributed by atoms with van der Waals surface area (Å²) in [6.45, 7) is 7.98. The molecule has 0 radical (unpaired) electrons. The van der Waals surface area contributed by atoms with E-state index in [1.54, 1.807) is 6.20 Å². The van der Waals surface area contributed by atoms with Crippen LogP contribution in [0, 0.1) is 20.8 Å². The van der Waals surface area contributed by atoms with Gasteiger partial charge in [0.05, 0.1) is 0 Å². The number of aryl methyl sites for hydroxylation is 2. The molecule has 0 saturated heterocycles. The number of hydrogen-bond acceptors (Lipinski definition) is 5. The Hall–Kier alpha value is -1.46. The fourth-order valence-corrected chi connectivity index (χ4v) is 2.40. The highest BCUT2D eigenvalue weighted by atomic mass is 32.2. The minimum absolute atomic E-state index is 0.00617. The van der Waals surface area contributed by atoms with Gasteiger partial charge in [0.2, 0.25) is 0 Å². The lowest BCUT2D eigenvalue weighted by Crippen LogP contribution is -2.05. The summed E-state index contributed by atoms with van der Waals surface area (Å²) in [7, 11) is 0. The van der Waals surface area contributed by atoms with Crippen LogP contribution in [-0.2, 0) is 0 Å². The lowest BCUT2D eigenvalue weighted by molar-refractivity contribution is 0.805. The van der Waals surface area contributed by atoms with Crippen molar-refractivity contribution < 1.29 is 0 Å². The van der Waals surface area contributed by atoms with Crippen molar-refractivity contribution >= 4 is 11.8 Å². The molecule has 0 aromatic carbocycles. The summed E-state index contributed by atoms with van der Waals surface area (Å²) in [6.07, 6.45) is 1.81. The van der Waals surface area contributed by atoms with E-state index in [0.29, 0.717) is 0 Å². The average Bonchev–Trinajstić information content (AvgIpc) is 2.36. The maximum absolute atomic E-state index is 5.80. The second-order valence-corrected chi connectivity index (χ2v) is 5.61. The van der Waals surface area contributed by atoms with Crippen LogP contribution in [0.1, 0.15) is 35.5 Å². The lowest BCUT2D eigenvalue weighted by Gasteiger charge is -2.07. The summed E-state index contributed by atoms with van der Waals surface area (Å²) in [5, 5.41) is 1.62. The predicted octanol–water partition coefficient (Wildman–Crippen LogP) is 2.97. The topological polar surface area (TPSA) is 64.7 Å². The third kappa shape index (κ3) is 3.30. The second-order valence-electron chi connectivity index (χ2n) is 4.62. The summed E-state index contributed by atoms with van der Waals surface area (Å²) < 4.78 is 0. The highest BCUT2D eigenvalue weighted by molar-refractivity contribution is 7.99. The van der Waals surface area contributed by atoms with Gasteiger partial charge < -0.3 is 5.73 Å². The van der Waals surface area contributed by atoms with Crippen LogP contribution in [0.3, 0.4) is 0 Å². The first-order valence-corrected chi connectivity index (χ1v) is 7.00. The molecule has 2 aromatic rings. The molecule has 19 heavy (non-hydrogen) atoms. The van der Waals surface area contributed by atoms with E-state index in [1.165, 1.54) is 11.8 Å². The Morgan fingerprint density at radius 3 is 2.21 bits per heavy atom. The largest absolute Gasteiger partial charge is 0.324 e. The zero-order chi connectivity index (χ0) is 14.0. The maximum atomic E-state index is 5.80. The quantitative estimate of drug-likeness (QED) is 0.872. The van der Waals surface area contributed by atoms with Gasteiger partial charge in [0.15, 0.2) is 5.16 Å². The monoisotopic (exact) mass is 274 g/mol. The Morgan fingerprint density at radius 1 is 1.11 bits per heavy atom. The normalized spacial score (nSPS) is 12.5. The van der Waals surface area contributed by atoms with Gasteiger partial charge in [-0.3, -0.25) is 0 Å². The van der Waals surface area contributed by atoms with Crippen LogP contribution in [0.25, 0.3) is 0 Å². The van der Waals surface area contributed by atoms with Crippen LogP contribution in [-0.4, -0.2) is 15.0 Å². The molecule has 2 heterocycles. The molecular weight excluding hydrogens is 256 g/mol. The van der Waals surface area contributed by atoms with Crippen LogP contribution in [0.4, 0.5) is 0 Å². The van der Waals surface area contributed by atoms with Crippen molar-refractivity contribution in [3.05, 3.63) is 40.8 Å². The smallest absolute Gasteiger partial charge is 0.194 e. The van der Waals surface area contributed by atoms with E-state index in [2.05, 4.69) is 15.0 Å². The van der Waals surface area contributed by atoms with Gasteiger partial charge >= 0.3 is 0 Å². The van der Waals surface area contributed by atoms with Gasteiger partial charge in [-0.05, 0) is 56.7 Å². The number of nitrogens with zero attached hydrogens (tertiary/aromatic N) is 3. The minimum atomic E-state index is 0.00617. The molecular formula is C14H18N4S. The van der Waals surface area contributed by atoms with E-state index in [0.717, 1.165) is 32.7 Å². The Bertz CT molecular complexity index is 555. The predicted molar refractivity (Wildman–Crippen MR) is 77.2 cm³/mol. The van der Waals surface area contributed by atoms with Crippen molar-refractivity contribution in [1.82, 2.24) is 15.0 Å². The van der Waals surface area contributed by atoms with E-state index in [9.17, 15) is 0 Å². The third-order valence-corrected chi connectivity index (χ3v) is 3.91. The van der Waals surface area contributed by atoms with Crippen LogP contribution in [0.15, 0.2) is 28.5 Å². The molecule has 0 spiro atoms. The van der Waals surface area contributed by atoms with Gasteiger partial charge in [-0.15, -0.1) is 0 Å². The van der Waals surface area contributed by atoms with E-state index >= 15 is 0 Å². The molecule has 5 heteroatoms. The van der Waals surface area contributed by atoms with Gasteiger partial charge in [0.1, 0.15) is 5.03 Å². The number of rotatable bonds is 3. The van der Waals surface area contributed by atoms with Crippen LogP contribution >= 0.6 is 11.8 Å². The Balaban J connectivity index is 2.21. The van der Waals surface area contributed by atoms with E-state index in [4.69, 9.17) is 5.73 Å². The molecule has 0 bridgehead atoms. The molecule has 0 unspecified atom stereocenters. The van der Waals surface area contributed by atoms with E-state index < -0.39 is 0 Å². The lowest BCUT2D eigenvalue weighted by atomic mass is 10.2. The van der Waals surface area contributed by atoms with Gasteiger partial charge in [-0.2, -0.15) is 0 Å². The summed E-state index contributed by atoms with van der Waals surface area (Å²) in [5.41, 5.74) is 10.0. The molecule has 1 atom stereocenters.